The number of rotatable bonds is 3. The van der Waals surface area contributed by atoms with Crippen LogP contribution >= 0.6 is 23.2 Å². The third-order valence-corrected chi connectivity index (χ3v) is 2.65. The van der Waals surface area contributed by atoms with Gasteiger partial charge in [0.2, 0.25) is 0 Å². The SMILES string of the molecule is Cc1cccc(C)c1NCC(Cl)=CCl. The molecule has 0 aliphatic carbocycles. The van der Waals surface area contributed by atoms with Crippen molar-refractivity contribution in [3.05, 3.63) is 39.9 Å². The average molecular weight is 230 g/mol. The number of para-hydroxylation sites is 1. The molecule has 0 saturated heterocycles. The van der Waals surface area contributed by atoms with E-state index in [1.54, 1.807) is 0 Å². The van der Waals surface area contributed by atoms with E-state index in [0.717, 1.165) is 5.69 Å². The number of hydrogen-bond donors (Lipinski definition) is 1. The van der Waals surface area contributed by atoms with Gasteiger partial charge in [-0.15, -0.1) is 0 Å². The monoisotopic (exact) mass is 229 g/mol. The van der Waals surface area contributed by atoms with Gasteiger partial charge in [-0.3, -0.25) is 0 Å². The minimum absolute atomic E-state index is 0.566. The molecular formula is C11H13Cl2N. The molecule has 0 aromatic heterocycles. The number of halogens is 2. The number of benzene rings is 1. The number of aryl methyl sites for hydroxylation is 2. The van der Waals surface area contributed by atoms with Gasteiger partial charge < -0.3 is 5.32 Å². The summed E-state index contributed by atoms with van der Waals surface area (Å²) in [7, 11) is 0. The molecule has 0 aliphatic rings. The van der Waals surface area contributed by atoms with Crippen molar-refractivity contribution in [2.75, 3.05) is 11.9 Å². The van der Waals surface area contributed by atoms with Crippen LogP contribution in [0.5, 0.6) is 0 Å². The van der Waals surface area contributed by atoms with E-state index in [2.05, 4.69) is 31.3 Å². The van der Waals surface area contributed by atoms with Crippen molar-refractivity contribution in [2.24, 2.45) is 0 Å². The van der Waals surface area contributed by atoms with Gasteiger partial charge in [-0.1, -0.05) is 41.4 Å². The summed E-state index contributed by atoms with van der Waals surface area (Å²) in [6.07, 6.45) is 0. The van der Waals surface area contributed by atoms with E-state index in [4.69, 9.17) is 23.2 Å². The lowest BCUT2D eigenvalue weighted by molar-refractivity contribution is 1.25. The molecule has 0 amide bonds. The molecule has 14 heavy (non-hydrogen) atoms. The predicted octanol–water partition coefficient (Wildman–Crippen LogP) is 4.03. The molecule has 0 aliphatic heterocycles. The molecular weight excluding hydrogens is 217 g/mol. The Labute approximate surface area is 94.7 Å². The maximum absolute atomic E-state index is 5.79. The van der Waals surface area contributed by atoms with E-state index in [1.165, 1.54) is 16.7 Å². The van der Waals surface area contributed by atoms with Gasteiger partial charge in [0.25, 0.3) is 0 Å². The van der Waals surface area contributed by atoms with Crippen LogP contribution in [0.15, 0.2) is 28.8 Å². The van der Waals surface area contributed by atoms with Crippen LogP contribution in [0.25, 0.3) is 0 Å². The summed E-state index contributed by atoms with van der Waals surface area (Å²) in [5.74, 6) is 0. The molecule has 0 fully saturated rings. The van der Waals surface area contributed by atoms with Crippen LogP contribution in [0.2, 0.25) is 0 Å². The maximum atomic E-state index is 5.79. The highest BCUT2D eigenvalue weighted by Gasteiger charge is 2.00. The Morgan fingerprint density at radius 2 is 1.93 bits per heavy atom. The normalized spacial score (nSPS) is 11.6. The molecule has 0 spiro atoms. The molecule has 1 aromatic rings. The third kappa shape index (κ3) is 2.93. The molecule has 0 bridgehead atoms. The first-order valence-electron chi connectivity index (χ1n) is 4.40. The fraction of sp³-hybridized carbons (Fsp3) is 0.273. The minimum Gasteiger partial charge on any atom is -0.380 e. The van der Waals surface area contributed by atoms with Gasteiger partial charge in [-0.05, 0) is 25.0 Å². The Morgan fingerprint density at radius 3 is 2.43 bits per heavy atom. The number of hydrogen-bond acceptors (Lipinski definition) is 1. The Bertz CT molecular complexity index is 325. The third-order valence-electron chi connectivity index (χ3n) is 2.03. The molecule has 0 unspecified atom stereocenters. The van der Waals surface area contributed by atoms with Crippen molar-refractivity contribution in [1.29, 1.82) is 0 Å². The zero-order valence-corrected chi connectivity index (χ0v) is 9.78. The molecule has 0 atom stereocenters. The predicted molar refractivity (Wildman–Crippen MR) is 64.2 cm³/mol. The highest BCUT2D eigenvalue weighted by atomic mass is 35.5. The van der Waals surface area contributed by atoms with Crippen molar-refractivity contribution in [2.45, 2.75) is 13.8 Å². The van der Waals surface area contributed by atoms with E-state index >= 15 is 0 Å². The first-order valence-corrected chi connectivity index (χ1v) is 5.21. The van der Waals surface area contributed by atoms with Gasteiger partial charge >= 0.3 is 0 Å². The molecule has 0 saturated carbocycles. The minimum atomic E-state index is 0.566. The zero-order chi connectivity index (χ0) is 10.6. The molecule has 1 N–H and O–H groups in total. The Morgan fingerprint density at radius 1 is 1.36 bits per heavy atom. The quantitative estimate of drug-likeness (QED) is 0.826. The summed E-state index contributed by atoms with van der Waals surface area (Å²) in [6.45, 7) is 4.69. The summed E-state index contributed by atoms with van der Waals surface area (Å²) in [5, 5.41) is 3.85. The van der Waals surface area contributed by atoms with E-state index in [1.807, 2.05) is 6.07 Å². The van der Waals surface area contributed by atoms with Gasteiger partial charge in [0.15, 0.2) is 0 Å². The van der Waals surface area contributed by atoms with E-state index in [0.29, 0.717) is 11.6 Å². The summed E-state index contributed by atoms with van der Waals surface area (Å²) >= 11 is 11.3. The summed E-state index contributed by atoms with van der Waals surface area (Å²) in [6, 6.07) is 6.16. The summed E-state index contributed by atoms with van der Waals surface area (Å²) < 4.78 is 0. The Hall–Kier alpha value is -0.660. The number of anilines is 1. The van der Waals surface area contributed by atoms with Crippen LogP contribution in [0, 0.1) is 13.8 Å². The van der Waals surface area contributed by atoms with E-state index in [-0.39, 0.29) is 0 Å². The fourth-order valence-corrected chi connectivity index (χ4v) is 1.45. The van der Waals surface area contributed by atoms with Crippen LogP contribution < -0.4 is 5.32 Å². The fourth-order valence-electron chi connectivity index (χ4n) is 1.30. The van der Waals surface area contributed by atoms with Gasteiger partial charge in [0.1, 0.15) is 0 Å². The van der Waals surface area contributed by atoms with Gasteiger partial charge in [-0.2, -0.15) is 0 Å². The molecule has 76 valence electrons. The van der Waals surface area contributed by atoms with Gasteiger partial charge in [0.05, 0.1) is 6.54 Å². The largest absolute Gasteiger partial charge is 0.380 e. The van der Waals surface area contributed by atoms with Crippen molar-refractivity contribution >= 4 is 28.9 Å². The molecule has 0 heterocycles. The second-order valence-electron chi connectivity index (χ2n) is 3.18. The summed E-state index contributed by atoms with van der Waals surface area (Å²) in [5.41, 5.74) is 4.93. The maximum Gasteiger partial charge on any atom is 0.0516 e. The van der Waals surface area contributed by atoms with Crippen LogP contribution in [-0.2, 0) is 0 Å². The van der Waals surface area contributed by atoms with Crippen molar-refractivity contribution in [3.8, 4) is 0 Å². The molecule has 1 rings (SSSR count). The molecule has 3 heteroatoms. The van der Waals surface area contributed by atoms with Crippen molar-refractivity contribution in [1.82, 2.24) is 0 Å². The number of nitrogens with one attached hydrogen (secondary N) is 1. The second-order valence-corrected chi connectivity index (χ2v) is 3.88. The van der Waals surface area contributed by atoms with Crippen molar-refractivity contribution in [3.63, 3.8) is 0 Å². The summed E-state index contributed by atoms with van der Waals surface area (Å²) in [4.78, 5) is 0. The zero-order valence-electron chi connectivity index (χ0n) is 8.27. The van der Waals surface area contributed by atoms with E-state index < -0.39 is 0 Å². The highest BCUT2D eigenvalue weighted by Crippen LogP contribution is 2.20. The molecule has 1 nitrogen and oxygen atoms in total. The van der Waals surface area contributed by atoms with Crippen LogP contribution in [0.4, 0.5) is 5.69 Å². The Kier molecular flexibility index (Phi) is 4.30. The van der Waals surface area contributed by atoms with Crippen molar-refractivity contribution < 1.29 is 0 Å². The lowest BCUT2D eigenvalue weighted by Gasteiger charge is -2.11. The first kappa shape index (κ1) is 11.4. The van der Waals surface area contributed by atoms with Crippen LogP contribution in [-0.4, -0.2) is 6.54 Å². The standard InChI is InChI=1S/C11H13Cl2N/c1-8-4-3-5-9(2)11(8)14-7-10(13)6-12/h3-6,14H,7H2,1-2H3. The van der Waals surface area contributed by atoms with Gasteiger partial charge in [0, 0.05) is 16.3 Å². The van der Waals surface area contributed by atoms with Crippen LogP contribution in [0.1, 0.15) is 11.1 Å². The van der Waals surface area contributed by atoms with Crippen LogP contribution in [0.3, 0.4) is 0 Å². The first-order chi connectivity index (χ1) is 6.65. The smallest absolute Gasteiger partial charge is 0.0516 e. The highest BCUT2D eigenvalue weighted by molar-refractivity contribution is 6.36. The second kappa shape index (κ2) is 5.28. The lowest BCUT2D eigenvalue weighted by Crippen LogP contribution is -2.04. The topological polar surface area (TPSA) is 12.0 Å². The molecule has 1 aromatic carbocycles. The van der Waals surface area contributed by atoms with E-state index in [9.17, 15) is 0 Å². The van der Waals surface area contributed by atoms with Gasteiger partial charge in [-0.25, -0.2) is 0 Å². The average Bonchev–Trinajstić information content (AvgIpc) is 2.16. The Balaban J connectivity index is 2.76. The molecule has 0 radical (unpaired) electrons. The lowest BCUT2D eigenvalue weighted by atomic mass is 10.1.